The molecule has 0 fully saturated rings. The monoisotopic (exact) mass is 387 g/mol. The van der Waals surface area contributed by atoms with E-state index in [1.165, 1.54) is 24.1 Å². The van der Waals surface area contributed by atoms with Gasteiger partial charge >= 0.3 is 0 Å². The van der Waals surface area contributed by atoms with Gasteiger partial charge in [-0.15, -0.1) is 0 Å². The minimum atomic E-state index is -0.405. The number of rotatable bonds is 3. The van der Waals surface area contributed by atoms with Gasteiger partial charge in [-0.05, 0) is 63.9 Å². The smallest absolute Gasteiger partial charge is 0.125 e. The van der Waals surface area contributed by atoms with E-state index in [0.29, 0.717) is 10.9 Å². The Balaban J connectivity index is 2.30. The molecule has 0 aliphatic rings. The zero-order valence-corrected chi connectivity index (χ0v) is 16.6. The average molecular weight is 388 g/mol. The number of benzene rings is 1. The summed E-state index contributed by atoms with van der Waals surface area (Å²) < 4.78 is 18.7. The van der Waals surface area contributed by atoms with Crippen molar-refractivity contribution in [2.24, 2.45) is 4.40 Å². The minimum absolute atomic E-state index is 0.00782. The van der Waals surface area contributed by atoms with E-state index in [1.807, 2.05) is 25.1 Å². The second-order valence-corrected chi connectivity index (χ2v) is 8.92. The van der Waals surface area contributed by atoms with Crippen LogP contribution in [0.25, 0.3) is 22.2 Å². The van der Waals surface area contributed by atoms with Crippen LogP contribution in [-0.4, -0.2) is 20.4 Å². The molecule has 0 saturated heterocycles. The summed E-state index contributed by atoms with van der Waals surface area (Å²) in [4.78, 5) is 8.91. The van der Waals surface area contributed by atoms with Crippen LogP contribution in [0.15, 0.2) is 47.1 Å². The van der Waals surface area contributed by atoms with Crippen molar-refractivity contribution in [3.63, 3.8) is 0 Å². The number of halogens is 2. The molecule has 0 spiro atoms. The topological polar surface area (TPSA) is 38.1 Å². The molecule has 0 bridgehead atoms. The quantitative estimate of drug-likeness (QED) is 0.388. The van der Waals surface area contributed by atoms with Crippen molar-refractivity contribution in [2.75, 3.05) is 0 Å². The maximum Gasteiger partial charge on any atom is 0.125 e. The molecule has 0 atom stereocenters. The standard InChI is InChI=1S/C20H19ClFN3S/c1-12(25-26-20(2,3)4)15-11-24-19-14(9-13(22)10-16(19)21)18(15)17-7-5-6-8-23-17/h5-11H,1-4H3/b25-12+. The Bertz CT molecular complexity index is 982. The Morgan fingerprint density at radius 1 is 1.19 bits per heavy atom. The van der Waals surface area contributed by atoms with Gasteiger partial charge in [0.15, 0.2) is 0 Å². The Morgan fingerprint density at radius 3 is 2.62 bits per heavy atom. The van der Waals surface area contributed by atoms with Crippen molar-refractivity contribution in [1.82, 2.24) is 9.97 Å². The lowest BCUT2D eigenvalue weighted by Gasteiger charge is -2.16. The third-order valence-electron chi connectivity index (χ3n) is 3.66. The van der Waals surface area contributed by atoms with E-state index in [1.54, 1.807) is 12.4 Å². The molecule has 1 aromatic carbocycles. The zero-order valence-electron chi connectivity index (χ0n) is 15.0. The average Bonchev–Trinajstić information content (AvgIpc) is 2.58. The van der Waals surface area contributed by atoms with Crippen LogP contribution in [-0.2, 0) is 0 Å². The van der Waals surface area contributed by atoms with Crippen LogP contribution in [0.2, 0.25) is 5.02 Å². The molecule has 0 N–H and O–H groups in total. The minimum Gasteiger partial charge on any atom is -0.256 e. The van der Waals surface area contributed by atoms with E-state index in [9.17, 15) is 4.39 Å². The maximum absolute atomic E-state index is 14.1. The molecule has 3 nitrogen and oxygen atoms in total. The van der Waals surface area contributed by atoms with Gasteiger partial charge in [-0.3, -0.25) is 9.97 Å². The van der Waals surface area contributed by atoms with Gasteiger partial charge in [0.1, 0.15) is 5.82 Å². The number of hydrogen-bond donors (Lipinski definition) is 0. The predicted octanol–water partition coefficient (Wildman–Crippen LogP) is 6.35. The predicted molar refractivity (Wildman–Crippen MR) is 109 cm³/mol. The number of nitrogens with zero attached hydrogens (tertiary/aromatic N) is 3. The first-order valence-electron chi connectivity index (χ1n) is 8.18. The summed E-state index contributed by atoms with van der Waals surface area (Å²) in [6, 6.07) is 8.36. The highest BCUT2D eigenvalue weighted by atomic mass is 35.5. The van der Waals surface area contributed by atoms with E-state index in [2.05, 4.69) is 35.1 Å². The molecule has 6 heteroatoms. The van der Waals surface area contributed by atoms with Crippen molar-refractivity contribution >= 4 is 40.2 Å². The van der Waals surface area contributed by atoms with Crippen LogP contribution in [0.5, 0.6) is 0 Å². The van der Waals surface area contributed by atoms with Crippen LogP contribution in [0, 0.1) is 5.82 Å². The van der Waals surface area contributed by atoms with Gasteiger partial charge in [0.05, 0.1) is 21.9 Å². The first-order chi connectivity index (χ1) is 12.3. The highest BCUT2D eigenvalue weighted by Crippen LogP contribution is 2.35. The number of fused-ring (bicyclic) bond motifs is 1. The third-order valence-corrected chi connectivity index (χ3v) is 4.86. The van der Waals surface area contributed by atoms with E-state index in [0.717, 1.165) is 22.5 Å². The Kier molecular flexibility index (Phi) is 5.30. The molecule has 0 amide bonds. The molecule has 0 unspecified atom stereocenters. The fourth-order valence-corrected chi connectivity index (χ4v) is 3.31. The lowest BCUT2D eigenvalue weighted by atomic mass is 9.97. The van der Waals surface area contributed by atoms with Crippen molar-refractivity contribution in [2.45, 2.75) is 32.4 Å². The van der Waals surface area contributed by atoms with Gasteiger partial charge in [0, 0.05) is 33.7 Å². The van der Waals surface area contributed by atoms with Gasteiger partial charge in [-0.2, -0.15) is 0 Å². The molecular weight excluding hydrogens is 369 g/mol. The molecule has 2 aromatic heterocycles. The molecule has 0 aliphatic carbocycles. The molecule has 3 aromatic rings. The lowest BCUT2D eigenvalue weighted by Crippen LogP contribution is -2.07. The molecule has 0 radical (unpaired) electrons. The fourth-order valence-electron chi connectivity index (χ4n) is 2.54. The SMILES string of the molecule is C/C(=N\SC(C)(C)C)c1cnc2c(Cl)cc(F)cc2c1-c1ccccn1. The molecule has 26 heavy (non-hydrogen) atoms. The second kappa shape index (κ2) is 7.33. The number of hydrogen-bond acceptors (Lipinski definition) is 4. The summed E-state index contributed by atoms with van der Waals surface area (Å²) in [5, 5.41) is 0.906. The van der Waals surface area contributed by atoms with Crippen molar-refractivity contribution in [1.29, 1.82) is 0 Å². The normalized spacial score (nSPS) is 12.6. The zero-order chi connectivity index (χ0) is 18.9. The van der Waals surface area contributed by atoms with E-state index in [4.69, 9.17) is 11.6 Å². The van der Waals surface area contributed by atoms with Crippen molar-refractivity contribution in [3.05, 3.63) is 59.1 Å². The number of aromatic nitrogens is 2. The van der Waals surface area contributed by atoms with E-state index >= 15 is 0 Å². The molecule has 0 aliphatic heterocycles. The maximum atomic E-state index is 14.1. The van der Waals surface area contributed by atoms with Gasteiger partial charge in [0.25, 0.3) is 0 Å². The van der Waals surface area contributed by atoms with Crippen LogP contribution < -0.4 is 0 Å². The largest absolute Gasteiger partial charge is 0.256 e. The van der Waals surface area contributed by atoms with Gasteiger partial charge in [-0.1, -0.05) is 17.7 Å². The first kappa shape index (κ1) is 18.8. The highest BCUT2D eigenvalue weighted by Gasteiger charge is 2.18. The van der Waals surface area contributed by atoms with Crippen molar-refractivity contribution < 1.29 is 4.39 Å². The molecule has 134 valence electrons. The molecular formula is C20H19ClFN3S. The summed E-state index contributed by atoms with van der Waals surface area (Å²) in [5.41, 5.74) is 3.68. The third kappa shape index (κ3) is 4.05. The molecule has 3 rings (SSSR count). The van der Waals surface area contributed by atoms with Crippen LogP contribution in [0.3, 0.4) is 0 Å². The Hall–Kier alpha value is -1.98. The molecule has 0 saturated carbocycles. The fraction of sp³-hybridized carbons (Fsp3) is 0.250. The summed E-state index contributed by atoms with van der Waals surface area (Å²) >= 11 is 7.71. The van der Waals surface area contributed by atoms with Crippen LogP contribution in [0.1, 0.15) is 33.3 Å². The van der Waals surface area contributed by atoms with Crippen LogP contribution in [0.4, 0.5) is 4.39 Å². The number of pyridine rings is 2. The van der Waals surface area contributed by atoms with Crippen LogP contribution >= 0.6 is 23.5 Å². The van der Waals surface area contributed by atoms with E-state index < -0.39 is 5.82 Å². The summed E-state index contributed by atoms with van der Waals surface area (Å²) in [6.07, 6.45) is 3.45. The van der Waals surface area contributed by atoms with Gasteiger partial charge < -0.3 is 0 Å². The Morgan fingerprint density at radius 2 is 1.96 bits per heavy atom. The second-order valence-electron chi connectivity index (χ2n) is 6.93. The Labute approximate surface area is 161 Å². The lowest BCUT2D eigenvalue weighted by molar-refractivity contribution is 0.629. The molecule has 2 heterocycles. The van der Waals surface area contributed by atoms with Gasteiger partial charge in [0.2, 0.25) is 0 Å². The summed E-state index contributed by atoms with van der Waals surface area (Å²) in [5.74, 6) is -0.405. The van der Waals surface area contributed by atoms with Crippen molar-refractivity contribution in [3.8, 4) is 11.3 Å². The van der Waals surface area contributed by atoms with Gasteiger partial charge in [-0.25, -0.2) is 8.79 Å². The summed E-state index contributed by atoms with van der Waals surface area (Å²) in [6.45, 7) is 8.22. The van der Waals surface area contributed by atoms with E-state index in [-0.39, 0.29) is 9.77 Å². The summed E-state index contributed by atoms with van der Waals surface area (Å²) in [7, 11) is 0. The first-order valence-corrected chi connectivity index (χ1v) is 9.34. The highest BCUT2D eigenvalue weighted by molar-refractivity contribution is 7.99.